The maximum atomic E-state index is 11.4. The summed E-state index contributed by atoms with van der Waals surface area (Å²) < 4.78 is 10.1. The van der Waals surface area contributed by atoms with Crippen LogP contribution >= 0.6 is 0 Å². The van der Waals surface area contributed by atoms with E-state index >= 15 is 0 Å². The van der Waals surface area contributed by atoms with E-state index in [-0.39, 0.29) is 19.1 Å². The molecule has 0 bridgehead atoms. The molecule has 98 valence electrons. The van der Waals surface area contributed by atoms with Crippen molar-refractivity contribution in [2.24, 2.45) is 11.8 Å². The van der Waals surface area contributed by atoms with Crippen LogP contribution in [-0.4, -0.2) is 42.5 Å². The van der Waals surface area contributed by atoms with Gasteiger partial charge >= 0.3 is 12.1 Å². The Morgan fingerprint density at radius 1 is 1.41 bits per heavy atom. The molecule has 2 N–H and O–H groups in total. The van der Waals surface area contributed by atoms with Crippen LogP contribution in [0.3, 0.4) is 0 Å². The molecule has 2 unspecified atom stereocenters. The van der Waals surface area contributed by atoms with Gasteiger partial charge in [0.2, 0.25) is 0 Å². The molecule has 6 nitrogen and oxygen atoms in total. The molecule has 1 fully saturated rings. The van der Waals surface area contributed by atoms with Crippen molar-refractivity contribution in [2.45, 2.75) is 26.4 Å². The molecule has 1 aliphatic heterocycles. The van der Waals surface area contributed by atoms with Gasteiger partial charge in [0, 0.05) is 12.5 Å². The Balaban J connectivity index is 2.35. The quantitative estimate of drug-likeness (QED) is 0.770. The van der Waals surface area contributed by atoms with Crippen LogP contribution in [0.4, 0.5) is 4.79 Å². The smallest absolute Gasteiger partial charge is 0.407 e. The Kier molecular flexibility index (Phi) is 4.34. The minimum atomic E-state index is -0.890. The summed E-state index contributed by atoms with van der Waals surface area (Å²) in [4.78, 5) is 22.2. The first-order valence-corrected chi connectivity index (χ1v) is 5.57. The second-order valence-electron chi connectivity index (χ2n) is 5.13. The molecule has 17 heavy (non-hydrogen) atoms. The minimum Gasteiger partial charge on any atom is -0.481 e. The molecule has 0 aromatic rings. The van der Waals surface area contributed by atoms with Gasteiger partial charge in [-0.2, -0.15) is 0 Å². The molecule has 1 aliphatic rings. The van der Waals surface area contributed by atoms with Crippen LogP contribution in [0.5, 0.6) is 0 Å². The zero-order valence-electron chi connectivity index (χ0n) is 10.4. The SMILES string of the molecule is CC(C)(C)OC(=O)NCC1COCC1C(=O)O. The highest BCUT2D eigenvalue weighted by molar-refractivity contribution is 5.71. The van der Waals surface area contributed by atoms with Crippen LogP contribution in [-0.2, 0) is 14.3 Å². The fourth-order valence-corrected chi connectivity index (χ4v) is 1.60. The average molecular weight is 245 g/mol. The number of ether oxygens (including phenoxy) is 2. The van der Waals surface area contributed by atoms with Crippen LogP contribution in [0, 0.1) is 11.8 Å². The van der Waals surface area contributed by atoms with Crippen LogP contribution in [0.25, 0.3) is 0 Å². The summed E-state index contributed by atoms with van der Waals surface area (Å²) in [5.74, 6) is -1.64. The molecule has 0 aromatic heterocycles. The number of nitrogens with one attached hydrogen (secondary N) is 1. The number of aliphatic carboxylic acids is 1. The fourth-order valence-electron chi connectivity index (χ4n) is 1.60. The molecule has 2 atom stereocenters. The van der Waals surface area contributed by atoms with Gasteiger partial charge in [0.05, 0.1) is 19.1 Å². The second-order valence-corrected chi connectivity index (χ2v) is 5.13. The van der Waals surface area contributed by atoms with E-state index in [4.69, 9.17) is 14.6 Å². The van der Waals surface area contributed by atoms with Crippen molar-refractivity contribution in [3.8, 4) is 0 Å². The topological polar surface area (TPSA) is 84.9 Å². The van der Waals surface area contributed by atoms with Gasteiger partial charge in [0.15, 0.2) is 0 Å². The maximum Gasteiger partial charge on any atom is 0.407 e. The first kappa shape index (κ1) is 13.8. The highest BCUT2D eigenvalue weighted by Gasteiger charge is 2.34. The number of carbonyl (C=O) groups is 2. The molecule has 6 heteroatoms. The van der Waals surface area contributed by atoms with E-state index in [0.717, 1.165) is 0 Å². The van der Waals surface area contributed by atoms with Crippen LogP contribution in [0.2, 0.25) is 0 Å². The Hall–Kier alpha value is -1.30. The lowest BCUT2D eigenvalue weighted by atomic mass is 9.96. The van der Waals surface area contributed by atoms with E-state index in [1.807, 2.05) is 0 Å². The summed E-state index contributed by atoms with van der Waals surface area (Å²) in [6.07, 6.45) is -0.534. The summed E-state index contributed by atoms with van der Waals surface area (Å²) in [5, 5.41) is 11.5. The van der Waals surface area contributed by atoms with Gasteiger partial charge in [0.25, 0.3) is 0 Å². The highest BCUT2D eigenvalue weighted by atomic mass is 16.6. The first-order chi connectivity index (χ1) is 7.79. The predicted octanol–water partition coefficient (Wildman–Crippen LogP) is 0.858. The van der Waals surface area contributed by atoms with E-state index in [0.29, 0.717) is 6.61 Å². The number of carbonyl (C=O) groups excluding carboxylic acids is 1. The normalized spacial score (nSPS) is 24.4. The van der Waals surface area contributed by atoms with Crippen molar-refractivity contribution in [3.63, 3.8) is 0 Å². The van der Waals surface area contributed by atoms with Crippen molar-refractivity contribution in [1.82, 2.24) is 5.32 Å². The Morgan fingerprint density at radius 2 is 2.06 bits per heavy atom. The summed E-state index contributed by atoms with van der Waals surface area (Å²) in [5.41, 5.74) is -0.553. The van der Waals surface area contributed by atoms with E-state index in [1.54, 1.807) is 20.8 Å². The molecule has 0 radical (unpaired) electrons. The molecule has 0 aromatic carbocycles. The summed E-state index contributed by atoms with van der Waals surface area (Å²) in [6, 6.07) is 0. The molecule has 0 saturated carbocycles. The minimum absolute atomic E-state index is 0.194. The fraction of sp³-hybridized carbons (Fsp3) is 0.818. The maximum absolute atomic E-state index is 11.4. The van der Waals surface area contributed by atoms with Crippen LogP contribution in [0.15, 0.2) is 0 Å². The number of hydrogen-bond donors (Lipinski definition) is 2. The molecular formula is C11H19NO5. The lowest BCUT2D eigenvalue weighted by Gasteiger charge is -2.21. The number of carboxylic acid groups (broad SMARTS) is 1. The number of carboxylic acids is 1. The summed E-state index contributed by atoms with van der Waals surface area (Å²) in [7, 11) is 0. The third kappa shape index (κ3) is 4.60. The Morgan fingerprint density at radius 3 is 2.59 bits per heavy atom. The van der Waals surface area contributed by atoms with E-state index in [9.17, 15) is 9.59 Å². The second kappa shape index (κ2) is 5.35. The van der Waals surface area contributed by atoms with Gasteiger partial charge in [0.1, 0.15) is 5.60 Å². The Labute approximate surface area is 100 Å². The van der Waals surface area contributed by atoms with Crippen molar-refractivity contribution in [3.05, 3.63) is 0 Å². The van der Waals surface area contributed by atoms with Crippen LogP contribution in [0.1, 0.15) is 20.8 Å². The lowest BCUT2D eigenvalue weighted by molar-refractivity contribution is -0.142. The number of rotatable bonds is 3. The van der Waals surface area contributed by atoms with Gasteiger partial charge in [-0.05, 0) is 20.8 Å². The molecule has 1 heterocycles. The molecule has 1 rings (SSSR count). The lowest BCUT2D eigenvalue weighted by Crippen LogP contribution is -2.38. The molecule has 0 spiro atoms. The summed E-state index contributed by atoms with van der Waals surface area (Å²) in [6.45, 7) is 6.12. The largest absolute Gasteiger partial charge is 0.481 e. The molecule has 1 amide bonds. The van der Waals surface area contributed by atoms with Crippen molar-refractivity contribution < 1.29 is 24.2 Å². The van der Waals surface area contributed by atoms with E-state index in [1.165, 1.54) is 0 Å². The number of hydrogen-bond acceptors (Lipinski definition) is 4. The number of amides is 1. The summed E-state index contributed by atoms with van der Waals surface area (Å²) >= 11 is 0. The molecular weight excluding hydrogens is 226 g/mol. The third-order valence-corrected chi connectivity index (χ3v) is 2.42. The highest BCUT2D eigenvalue weighted by Crippen LogP contribution is 2.20. The van der Waals surface area contributed by atoms with Crippen molar-refractivity contribution >= 4 is 12.1 Å². The van der Waals surface area contributed by atoms with E-state index in [2.05, 4.69) is 5.32 Å². The van der Waals surface area contributed by atoms with Crippen LogP contribution < -0.4 is 5.32 Å². The van der Waals surface area contributed by atoms with Gasteiger partial charge in [-0.25, -0.2) is 4.79 Å². The van der Waals surface area contributed by atoms with Crippen molar-refractivity contribution in [1.29, 1.82) is 0 Å². The predicted molar refractivity (Wildman–Crippen MR) is 59.7 cm³/mol. The Bertz CT molecular complexity index is 297. The molecule has 0 aliphatic carbocycles. The zero-order valence-corrected chi connectivity index (χ0v) is 10.4. The van der Waals surface area contributed by atoms with Gasteiger partial charge in [-0.3, -0.25) is 4.79 Å². The monoisotopic (exact) mass is 245 g/mol. The standard InChI is InChI=1S/C11H19NO5/c1-11(2,3)17-10(15)12-4-7-5-16-6-8(7)9(13)14/h7-8H,4-6H2,1-3H3,(H,12,15)(H,13,14). The van der Waals surface area contributed by atoms with Gasteiger partial charge in [-0.1, -0.05) is 0 Å². The van der Waals surface area contributed by atoms with Gasteiger partial charge in [-0.15, -0.1) is 0 Å². The zero-order chi connectivity index (χ0) is 13.1. The number of alkyl carbamates (subject to hydrolysis) is 1. The van der Waals surface area contributed by atoms with E-state index < -0.39 is 23.6 Å². The first-order valence-electron chi connectivity index (χ1n) is 5.57. The molecule has 1 saturated heterocycles. The van der Waals surface area contributed by atoms with Gasteiger partial charge < -0.3 is 19.9 Å². The van der Waals surface area contributed by atoms with Crippen molar-refractivity contribution in [2.75, 3.05) is 19.8 Å². The third-order valence-electron chi connectivity index (χ3n) is 2.42. The average Bonchev–Trinajstić information content (AvgIpc) is 2.59.